The lowest BCUT2D eigenvalue weighted by Crippen LogP contribution is -2.05. The molecule has 0 fully saturated rings. The van der Waals surface area contributed by atoms with Gasteiger partial charge in [0.05, 0.1) is 18.7 Å². The van der Waals surface area contributed by atoms with Crippen LogP contribution in [0.5, 0.6) is 11.5 Å². The first-order valence-corrected chi connectivity index (χ1v) is 6.89. The molecule has 0 unspecified atom stereocenters. The predicted molar refractivity (Wildman–Crippen MR) is 82.1 cm³/mol. The second-order valence-electron chi connectivity index (χ2n) is 4.98. The fourth-order valence-corrected chi connectivity index (χ4v) is 2.06. The molecule has 0 aliphatic carbocycles. The second-order valence-corrected chi connectivity index (χ2v) is 4.98. The molecule has 6 heteroatoms. The van der Waals surface area contributed by atoms with E-state index < -0.39 is 17.8 Å². The van der Waals surface area contributed by atoms with E-state index in [1.807, 2.05) is 0 Å². The molecule has 23 heavy (non-hydrogen) atoms. The van der Waals surface area contributed by atoms with Crippen molar-refractivity contribution in [3.05, 3.63) is 59.2 Å². The van der Waals surface area contributed by atoms with Gasteiger partial charge in [-0.1, -0.05) is 18.2 Å². The highest BCUT2D eigenvalue weighted by atomic mass is 19.4. The summed E-state index contributed by atoms with van der Waals surface area (Å²) in [6, 6.07) is 9.48. The van der Waals surface area contributed by atoms with Gasteiger partial charge in [0.1, 0.15) is 0 Å². The summed E-state index contributed by atoms with van der Waals surface area (Å²) in [4.78, 5) is 4.22. The van der Waals surface area contributed by atoms with Gasteiger partial charge in [0.15, 0.2) is 11.5 Å². The Morgan fingerprint density at radius 2 is 1.87 bits per heavy atom. The number of hydrogen-bond acceptors (Lipinski definition) is 3. The third-order valence-corrected chi connectivity index (χ3v) is 3.38. The smallest absolute Gasteiger partial charge is 0.416 e. The number of para-hydroxylation sites is 1. The summed E-state index contributed by atoms with van der Waals surface area (Å²) in [5, 5.41) is 9.96. The van der Waals surface area contributed by atoms with Gasteiger partial charge in [0, 0.05) is 11.8 Å². The Kier molecular flexibility index (Phi) is 4.93. The van der Waals surface area contributed by atoms with Crippen molar-refractivity contribution in [2.24, 2.45) is 4.99 Å². The lowest BCUT2D eigenvalue weighted by molar-refractivity contribution is -0.137. The number of halogens is 3. The molecule has 0 aromatic heterocycles. The molecule has 0 saturated carbocycles. The van der Waals surface area contributed by atoms with Crippen LogP contribution >= 0.6 is 0 Å². The predicted octanol–water partition coefficient (Wildman–Crippen LogP) is 4.60. The Hall–Kier alpha value is -2.50. The fourth-order valence-electron chi connectivity index (χ4n) is 2.06. The number of alkyl halides is 3. The van der Waals surface area contributed by atoms with Crippen molar-refractivity contribution in [2.45, 2.75) is 19.1 Å². The van der Waals surface area contributed by atoms with E-state index in [1.54, 1.807) is 31.2 Å². The van der Waals surface area contributed by atoms with Gasteiger partial charge in [-0.05, 0) is 36.8 Å². The normalized spacial score (nSPS) is 13.3. The van der Waals surface area contributed by atoms with Crippen LogP contribution in [-0.2, 0) is 6.18 Å². The van der Waals surface area contributed by atoms with Crippen LogP contribution in [0, 0.1) is 0 Å². The zero-order chi connectivity index (χ0) is 17.0. The second kappa shape index (κ2) is 6.73. The Balaban J connectivity index is 2.24. The molecule has 0 saturated heterocycles. The van der Waals surface area contributed by atoms with Crippen molar-refractivity contribution in [2.75, 3.05) is 7.11 Å². The third-order valence-electron chi connectivity index (χ3n) is 3.38. The van der Waals surface area contributed by atoms with Crippen molar-refractivity contribution < 1.29 is 23.0 Å². The van der Waals surface area contributed by atoms with Crippen LogP contribution in [0.2, 0.25) is 0 Å². The summed E-state index contributed by atoms with van der Waals surface area (Å²) < 4.78 is 43.2. The number of aromatic hydroxyl groups is 1. The zero-order valence-corrected chi connectivity index (χ0v) is 12.6. The van der Waals surface area contributed by atoms with Gasteiger partial charge in [-0.15, -0.1) is 0 Å². The van der Waals surface area contributed by atoms with Gasteiger partial charge in [-0.3, -0.25) is 4.99 Å². The highest BCUT2D eigenvalue weighted by Crippen LogP contribution is 2.32. The number of ether oxygens (including phenoxy) is 1. The van der Waals surface area contributed by atoms with E-state index in [0.717, 1.165) is 12.1 Å². The summed E-state index contributed by atoms with van der Waals surface area (Å²) in [5.41, 5.74) is 0.169. The van der Waals surface area contributed by atoms with Crippen molar-refractivity contribution in [1.82, 2.24) is 0 Å². The van der Waals surface area contributed by atoms with Crippen LogP contribution in [-0.4, -0.2) is 18.4 Å². The molecule has 2 rings (SSSR count). The van der Waals surface area contributed by atoms with Crippen LogP contribution in [0.4, 0.5) is 13.2 Å². The SMILES string of the molecule is COc1cccc(C=N[C@@H](C)c2cccc(C(F)(F)F)c2)c1O. The van der Waals surface area contributed by atoms with E-state index in [-0.39, 0.29) is 5.75 Å². The minimum atomic E-state index is -4.38. The van der Waals surface area contributed by atoms with Crippen molar-refractivity contribution in [3.63, 3.8) is 0 Å². The molecular formula is C17H16F3NO2. The maximum absolute atomic E-state index is 12.7. The highest BCUT2D eigenvalue weighted by Gasteiger charge is 2.30. The van der Waals surface area contributed by atoms with E-state index in [1.165, 1.54) is 19.4 Å². The van der Waals surface area contributed by atoms with Crippen molar-refractivity contribution in [1.29, 1.82) is 0 Å². The average Bonchev–Trinajstić information content (AvgIpc) is 2.53. The van der Waals surface area contributed by atoms with Crippen LogP contribution in [0.15, 0.2) is 47.5 Å². The summed E-state index contributed by atoms with van der Waals surface area (Å²) in [6.45, 7) is 1.68. The Morgan fingerprint density at radius 1 is 1.17 bits per heavy atom. The minimum absolute atomic E-state index is 0.0602. The minimum Gasteiger partial charge on any atom is -0.504 e. The van der Waals surface area contributed by atoms with Crippen LogP contribution in [0.1, 0.15) is 29.7 Å². The molecule has 0 spiro atoms. The molecule has 3 nitrogen and oxygen atoms in total. The maximum Gasteiger partial charge on any atom is 0.416 e. The highest BCUT2D eigenvalue weighted by molar-refractivity contribution is 5.84. The Labute approximate surface area is 132 Å². The molecule has 0 aliphatic rings. The number of methoxy groups -OCH3 is 1. The number of benzene rings is 2. The molecule has 0 radical (unpaired) electrons. The zero-order valence-electron chi connectivity index (χ0n) is 12.6. The average molecular weight is 323 g/mol. The topological polar surface area (TPSA) is 41.8 Å². The molecule has 0 heterocycles. The molecule has 0 bridgehead atoms. The van der Waals surface area contributed by atoms with E-state index in [4.69, 9.17) is 4.74 Å². The van der Waals surface area contributed by atoms with Gasteiger partial charge in [0.2, 0.25) is 0 Å². The number of nitrogens with zero attached hydrogens (tertiary/aromatic N) is 1. The lowest BCUT2D eigenvalue weighted by atomic mass is 10.1. The van der Waals surface area contributed by atoms with E-state index in [2.05, 4.69) is 4.99 Å². The Morgan fingerprint density at radius 3 is 2.52 bits per heavy atom. The molecule has 0 aliphatic heterocycles. The Bertz CT molecular complexity index is 711. The molecule has 0 amide bonds. The number of rotatable bonds is 4. The monoisotopic (exact) mass is 323 g/mol. The summed E-state index contributed by atoms with van der Waals surface area (Å²) in [6.07, 6.45) is -2.96. The first-order chi connectivity index (χ1) is 10.8. The largest absolute Gasteiger partial charge is 0.504 e. The van der Waals surface area contributed by atoms with E-state index in [9.17, 15) is 18.3 Å². The number of aliphatic imine (C=N–C) groups is 1. The summed E-state index contributed by atoms with van der Waals surface area (Å²) in [7, 11) is 1.43. The molecule has 1 atom stereocenters. The van der Waals surface area contributed by atoms with Gasteiger partial charge >= 0.3 is 6.18 Å². The fraction of sp³-hybridized carbons (Fsp3) is 0.235. The third kappa shape index (κ3) is 4.03. The van der Waals surface area contributed by atoms with Crippen LogP contribution in [0.25, 0.3) is 0 Å². The first-order valence-electron chi connectivity index (χ1n) is 6.89. The molecule has 2 aromatic carbocycles. The molecular weight excluding hydrogens is 307 g/mol. The first kappa shape index (κ1) is 16.9. The number of phenolic OH excluding ortho intramolecular Hbond substituents is 1. The van der Waals surface area contributed by atoms with Gasteiger partial charge < -0.3 is 9.84 Å². The summed E-state index contributed by atoms with van der Waals surface area (Å²) in [5.74, 6) is 0.246. The number of phenols is 1. The standard InChI is InChI=1S/C17H16F3NO2/c1-11(12-5-3-7-14(9-12)17(18,19)20)21-10-13-6-4-8-15(23-2)16(13)22/h3-11,22H,1-2H3/t11-/m0/s1. The quantitative estimate of drug-likeness (QED) is 0.836. The van der Waals surface area contributed by atoms with Crippen molar-refractivity contribution in [3.8, 4) is 11.5 Å². The van der Waals surface area contributed by atoms with Crippen LogP contribution in [0.3, 0.4) is 0 Å². The molecule has 1 N–H and O–H groups in total. The van der Waals surface area contributed by atoms with Gasteiger partial charge in [0.25, 0.3) is 0 Å². The molecule has 122 valence electrons. The lowest BCUT2D eigenvalue weighted by Gasteiger charge is -2.11. The van der Waals surface area contributed by atoms with Crippen LogP contribution < -0.4 is 4.74 Å². The maximum atomic E-state index is 12.7. The molecule has 2 aromatic rings. The van der Waals surface area contributed by atoms with E-state index >= 15 is 0 Å². The number of hydrogen-bond donors (Lipinski definition) is 1. The summed E-state index contributed by atoms with van der Waals surface area (Å²) >= 11 is 0. The van der Waals surface area contributed by atoms with Crippen molar-refractivity contribution >= 4 is 6.21 Å². The van der Waals surface area contributed by atoms with E-state index in [0.29, 0.717) is 16.9 Å². The van der Waals surface area contributed by atoms with Gasteiger partial charge in [-0.2, -0.15) is 13.2 Å². The van der Waals surface area contributed by atoms with Gasteiger partial charge in [-0.25, -0.2) is 0 Å².